The maximum atomic E-state index is 12.8. The first-order chi connectivity index (χ1) is 12.9. The maximum absolute atomic E-state index is 12.8. The fraction of sp³-hybridized carbons (Fsp3) is 0.318. The fourth-order valence-electron chi connectivity index (χ4n) is 3.96. The number of hydrogen-bond acceptors (Lipinski definition) is 3. The van der Waals surface area contributed by atoms with Crippen molar-refractivity contribution in [3.63, 3.8) is 0 Å². The minimum atomic E-state index is -3.60. The number of benzene rings is 2. The van der Waals surface area contributed by atoms with Crippen molar-refractivity contribution in [2.24, 2.45) is 4.99 Å². The summed E-state index contributed by atoms with van der Waals surface area (Å²) in [6.45, 7) is 5.86. The molecule has 4 nitrogen and oxygen atoms in total. The third-order valence-electron chi connectivity index (χ3n) is 5.59. The third-order valence-corrected chi connectivity index (χ3v) is 7.13. The number of amidine groups is 1. The molecule has 1 aliphatic carbocycles. The zero-order valence-corrected chi connectivity index (χ0v) is 16.7. The smallest absolute Gasteiger partial charge is 0.263 e. The average Bonchev–Trinajstić information content (AvgIpc) is 2.86. The van der Waals surface area contributed by atoms with Crippen LogP contribution >= 0.6 is 0 Å². The summed E-state index contributed by atoms with van der Waals surface area (Å²) in [6, 6.07) is 14.1. The van der Waals surface area contributed by atoms with Crippen LogP contribution in [0.4, 0.5) is 0 Å². The molecule has 0 saturated carbocycles. The van der Waals surface area contributed by atoms with Gasteiger partial charge in [0.25, 0.3) is 10.0 Å². The molecule has 0 spiro atoms. The molecule has 1 N–H and O–H groups in total. The van der Waals surface area contributed by atoms with Gasteiger partial charge >= 0.3 is 0 Å². The second-order valence-electron chi connectivity index (χ2n) is 7.44. The van der Waals surface area contributed by atoms with Gasteiger partial charge in [-0.3, -0.25) is 9.71 Å². The van der Waals surface area contributed by atoms with Gasteiger partial charge in [-0.05, 0) is 67.9 Å². The van der Waals surface area contributed by atoms with Gasteiger partial charge < -0.3 is 0 Å². The Labute approximate surface area is 161 Å². The minimum absolute atomic E-state index is 0.00158. The van der Waals surface area contributed by atoms with Gasteiger partial charge in [-0.1, -0.05) is 42.5 Å². The average molecular weight is 381 g/mol. The second kappa shape index (κ2) is 6.64. The van der Waals surface area contributed by atoms with Gasteiger partial charge in [0, 0.05) is 5.57 Å². The van der Waals surface area contributed by atoms with Crippen molar-refractivity contribution < 1.29 is 8.42 Å². The molecule has 0 amide bonds. The van der Waals surface area contributed by atoms with Crippen LogP contribution in [0.5, 0.6) is 0 Å². The zero-order valence-electron chi connectivity index (χ0n) is 15.9. The monoisotopic (exact) mass is 380 g/mol. The molecule has 5 heteroatoms. The molecule has 27 heavy (non-hydrogen) atoms. The summed E-state index contributed by atoms with van der Waals surface area (Å²) in [4.78, 5) is 5.18. The summed E-state index contributed by atoms with van der Waals surface area (Å²) < 4.78 is 28.3. The molecule has 0 fully saturated rings. The van der Waals surface area contributed by atoms with Crippen LogP contribution in [-0.4, -0.2) is 14.3 Å². The highest BCUT2D eigenvalue weighted by atomic mass is 32.2. The predicted octanol–water partition coefficient (Wildman–Crippen LogP) is 4.44. The molecule has 1 heterocycles. The van der Waals surface area contributed by atoms with Gasteiger partial charge in [0.1, 0.15) is 10.7 Å². The predicted molar refractivity (Wildman–Crippen MR) is 110 cm³/mol. The van der Waals surface area contributed by atoms with Crippen LogP contribution in [0.15, 0.2) is 53.0 Å². The van der Waals surface area contributed by atoms with E-state index < -0.39 is 10.0 Å². The fourth-order valence-corrected chi connectivity index (χ4v) is 5.46. The van der Waals surface area contributed by atoms with Crippen LogP contribution in [0.25, 0.3) is 4.91 Å². The summed E-state index contributed by atoms with van der Waals surface area (Å²) >= 11 is 0. The first-order valence-corrected chi connectivity index (χ1v) is 10.8. The normalized spacial score (nSPS) is 22.6. The van der Waals surface area contributed by atoms with Gasteiger partial charge in [0.05, 0.1) is 6.04 Å². The lowest BCUT2D eigenvalue weighted by atomic mass is 9.88. The molecule has 0 bridgehead atoms. The molecular formula is C22H24N2O2S. The van der Waals surface area contributed by atoms with E-state index in [2.05, 4.69) is 22.9 Å². The number of rotatable bonds is 2. The van der Waals surface area contributed by atoms with E-state index in [0.29, 0.717) is 16.3 Å². The number of fused-ring (bicyclic) bond motifs is 1. The van der Waals surface area contributed by atoms with E-state index in [4.69, 9.17) is 4.99 Å². The van der Waals surface area contributed by atoms with Crippen LogP contribution in [0.1, 0.15) is 53.6 Å². The quantitative estimate of drug-likeness (QED) is 0.837. The number of nitrogens with zero attached hydrogens (tertiary/aromatic N) is 1. The first-order valence-electron chi connectivity index (χ1n) is 9.34. The Morgan fingerprint density at radius 2 is 1.81 bits per heavy atom. The van der Waals surface area contributed by atoms with Crippen molar-refractivity contribution in [2.45, 2.75) is 46.1 Å². The van der Waals surface area contributed by atoms with Crippen molar-refractivity contribution in [1.82, 2.24) is 4.72 Å². The molecule has 0 radical (unpaired) electrons. The van der Waals surface area contributed by atoms with Crippen molar-refractivity contribution in [3.8, 4) is 0 Å². The maximum Gasteiger partial charge on any atom is 0.264 e. The van der Waals surface area contributed by atoms with Crippen molar-refractivity contribution >= 4 is 20.8 Å². The SMILES string of the molecule is CC1=C(c2ccc(C)c(C)c2)S(=O)(=O)NC1=NC1CCCc2ccccc21. The van der Waals surface area contributed by atoms with Crippen LogP contribution in [-0.2, 0) is 16.4 Å². The standard InChI is InChI=1S/C22H24N2O2S/c1-14-11-12-18(13-15(14)2)21-16(3)22(24-27(21,25)26)23-20-10-6-8-17-7-4-5-9-19(17)20/h4-5,7,9,11-13,20H,6,8,10H2,1-3H3,(H,23,24). The van der Waals surface area contributed by atoms with Crippen LogP contribution in [0, 0.1) is 13.8 Å². The number of aryl methyl sites for hydroxylation is 3. The highest BCUT2D eigenvalue weighted by Gasteiger charge is 2.33. The minimum Gasteiger partial charge on any atom is -0.263 e. The summed E-state index contributed by atoms with van der Waals surface area (Å²) in [5, 5.41) is 0. The Bertz CT molecular complexity index is 1080. The van der Waals surface area contributed by atoms with E-state index in [0.717, 1.165) is 36.0 Å². The molecule has 2 aromatic rings. The van der Waals surface area contributed by atoms with E-state index in [9.17, 15) is 8.42 Å². The molecular weight excluding hydrogens is 356 g/mol. The van der Waals surface area contributed by atoms with Gasteiger partial charge in [-0.15, -0.1) is 0 Å². The molecule has 140 valence electrons. The highest BCUT2D eigenvalue weighted by molar-refractivity contribution is 8.00. The van der Waals surface area contributed by atoms with Gasteiger partial charge in [0.2, 0.25) is 0 Å². The lowest BCUT2D eigenvalue weighted by molar-refractivity contribution is 0.571. The Morgan fingerprint density at radius 1 is 1.04 bits per heavy atom. The van der Waals surface area contributed by atoms with Gasteiger partial charge in [-0.25, -0.2) is 8.42 Å². The van der Waals surface area contributed by atoms with Crippen molar-refractivity contribution in [3.05, 3.63) is 75.9 Å². The Balaban J connectivity index is 1.79. The lowest BCUT2D eigenvalue weighted by Gasteiger charge is -2.22. The number of sulfonamides is 1. The topological polar surface area (TPSA) is 58.5 Å². The Kier molecular flexibility index (Phi) is 4.42. The molecule has 0 saturated heterocycles. The van der Waals surface area contributed by atoms with E-state index in [1.54, 1.807) is 0 Å². The Hall–Kier alpha value is -2.40. The molecule has 1 unspecified atom stereocenters. The van der Waals surface area contributed by atoms with Gasteiger partial charge in [0.15, 0.2) is 0 Å². The second-order valence-corrected chi connectivity index (χ2v) is 9.06. The van der Waals surface area contributed by atoms with Crippen LogP contribution in [0.3, 0.4) is 0 Å². The summed E-state index contributed by atoms with van der Waals surface area (Å²) in [5.74, 6) is 0.477. The summed E-state index contributed by atoms with van der Waals surface area (Å²) in [7, 11) is -3.60. The first kappa shape index (κ1) is 18.0. The Morgan fingerprint density at radius 3 is 2.59 bits per heavy atom. The number of aliphatic imine (C=N–C) groups is 1. The molecule has 2 aromatic carbocycles. The van der Waals surface area contributed by atoms with Gasteiger partial charge in [-0.2, -0.15) is 0 Å². The van der Waals surface area contributed by atoms with Crippen molar-refractivity contribution in [2.75, 3.05) is 0 Å². The summed E-state index contributed by atoms with van der Waals surface area (Å²) in [6.07, 6.45) is 3.07. The lowest BCUT2D eigenvalue weighted by Crippen LogP contribution is -2.24. The molecule has 2 aliphatic rings. The highest BCUT2D eigenvalue weighted by Crippen LogP contribution is 2.35. The molecule has 1 aliphatic heterocycles. The number of nitrogens with one attached hydrogen (secondary N) is 1. The molecule has 1 atom stereocenters. The zero-order chi connectivity index (χ0) is 19.2. The third kappa shape index (κ3) is 3.21. The molecule has 0 aromatic heterocycles. The van der Waals surface area contributed by atoms with E-state index in [-0.39, 0.29) is 6.04 Å². The largest absolute Gasteiger partial charge is 0.264 e. The van der Waals surface area contributed by atoms with E-state index in [1.807, 2.05) is 45.0 Å². The van der Waals surface area contributed by atoms with Crippen molar-refractivity contribution in [1.29, 1.82) is 0 Å². The van der Waals surface area contributed by atoms with E-state index >= 15 is 0 Å². The van der Waals surface area contributed by atoms with E-state index in [1.165, 1.54) is 11.1 Å². The molecule has 4 rings (SSSR count). The summed E-state index contributed by atoms with van der Waals surface area (Å²) in [5.41, 5.74) is 6.17. The van der Waals surface area contributed by atoms with Crippen LogP contribution in [0.2, 0.25) is 0 Å². The van der Waals surface area contributed by atoms with Crippen LogP contribution < -0.4 is 4.72 Å². The number of hydrogen-bond donors (Lipinski definition) is 1.